The Hall–Kier alpha value is -1.82. The number of hydrogen-bond acceptors (Lipinski definition) is 3. The van der Waals surface area contributed by atoms with E-state index in [4.69, 9.17) is 9.96 Å². The van der Waals surface area contributed by atoms with Gasteiger partial charge in [-0.1, -0.05) is 23.3 Å². The van der Waals surface area contributed by atoms with Crippen LogP contribution in [0.3, 0.4) is 0 Å². The van der Waals surface area contributed by atoms with Gasteiger partial charge in [0.1, 0.15) is 5.41 Å². The van der Waals surface area contributed by atoms with Crippen LogP contribution in [-0.4, -0.2) is 34.4 Å². The molecule has 2 rings (SSSR count). The van der Waals surface area contributed by atoms with Gasteiger partial charge in [-0.05, 0) is 36.8 Å². The Balaban J connectivity index is 2.49. The minimum Gasteiger partial charge on any atom is -0.416 e. The SMILES string of the molecule is CN1C(=O)C(CN=[N+]=[N-])(CO[Si](C)(C)C)c2ccccc21. The van der Waals surface area contributed by atoms with Crippen molar-refractivity contribution in [3.8, 4) is 0 Å². The van der Waals surface area contributed by atoms with Crippen molar-refractivity contribution in [2.45, 2.75) is 25.1 Å². The quantitative estimate of drug-likeness (QED) is 0.363. The Bertz CT molecular complexity index is 607. The van der Waals surface area contributed by atoms with Crippen LogP contribution in [0.4, 0.5) is 5.69 Å². The van der Waals surface area contributed by atoms with Crippen LogP contribution in [0.15, 0.2) is 29.4 Å². The zero-order chi connectivity index (χ0) is 15.7. The molecule has 21 heavy (non-hydrogen) atoms. The summed E-state index contributed by atoms with van der Waals surface area (Å²) < 4.78 is 6.00. The highest BCUT2D eigenvalue weighted by Crippen LogP contribution is 2.42. The molecule has 0 saturated heterocycles. The molecule has 1 aliphatic heterocycles. The smallest absolute Gasteiger partial charge is 0.239 e. The predicted octanol–water partition coefficient (Wildman–Crippen LogP) is 3.06. The van der Waals surface area contributed by atoms with Crippen LogP contribution in [0.25, 0.3) is 10.4 Å². The molecule has 0 spiro atoms. The third kappa shape index (κ3) is 2.81. The van der Waals surface area contributed by atoms with Gasteiger partial charge in [0.05, 0.1) is 6.61 Å². The molecule has 0 aliphatic carbocycles. The monoisotopic (exact) mass is 304 g/mol. The van der Waals surface area contributed by atoms with Crippen molar-refractivity contribution in [1.29, 1.82) is 0 Å². The summed E-state index contributed by atoms with van der Waals surface area (Å²) in [6.45, 7) is 6.55. The highest BCUT2D eigenvalue weighted by molar-refractivity contribution is 6.69. The first kappa shape index (κ1) is 15.6. The number of benzene rings is 1. The first-order chi connectivity index (χ1) is 9.82. The van der Waals surface area contributed by atoms with Crippen LogP contribution in [0, 0.1) is 0 Å². The third-order valence-electron chi connectivity index (χ3n) is 3.65. The molecule has 6 nitrogen and oxygen atoms in total. The lowest BCUT2D eigenvalue weighted by atomic mass is 9.82. The molecule has 0 bridgehead atoms. The second kappa shape index (κ2) is 5.52. The predicted molar refractivity (Wildman–Crippen MR) is 84.8 cm³/mol. The summed E-state index contributed by atoms with van der Waals surface area (Å²) in [4.78, 5) is 17.2. The van der Waals surface area contributed by atoms with E-state index in [1.807, 2.05) is 24.3 Å². The molecule has 1 aliphatic rings. The topological polar surface area (TPSA) is 78.3 Å². The maximum absolute atomic E-state index is 12.8. The molecule has 0 N–H and O–H groups in total. The van der Waals surface area contributed by atoms with Gasteiger partial charge in [0.25, 0.3) is 0 Å². The molecule has 1 unspecified atom stereocenters. The molecular formula is C14H20N4O2Si. The van der Waals surface area contributed by atoms with E-state index in [0.717, 1.165) is 11.3 Å². The van der Waals surface area contributed by atoms with E-state index in [9.17, 15) is 4.79 Å². The number of likely N-dealkylation sites (N-methyl/N-ethyl adjacent to an activating group) is 1. The zero-order valence-electron chi connectivity index (χ0n) is 12.8. The van der Waals surface area contributed by atoms with Gasteiger partial charge in [-0.2, -0.15) is 0 Å². The number of carbonyl (C=O) groups excluding carboxylic acids is 1. The van der Waals surface area contributed by atoms with Crippen molar-refractivity contribution in [3.63, 3.8) is 0 Å². The molecule has 0 saturated carbocycles. The first-order valence-corrected chi connectivity index (χ1v) is 10.3. The fourth-order valence-corrected chi connectivity index (χ4v) is 3.23. The lowest BCUT2D eigenvalue weighted by Gasteiger charge is -2.30. The number of fused-ring (bicyclic) bond motifs is 1. The van der Waals surface area contributed by atoms with E-state index in [2.05, 4.69) is 29.7 Å². The number of amides is 1. The van der Waals surface area contributed by atoms with Gasteiger partial charge in [0, 0.05) is 24.2 Å². The summed E-state index contributed by atoms with van der Waals surface area (Å²) in [6, 6.07) is 7.60. The standard InChI is InChI=1S/C14H20N4O2Si/c1-18-12-8-6-5-7-11(12)14(13(18)19,9-16-17-15)10-20-21(2,3)4/h5-8H,9-10H2,1-4H3. The van der Waals surface area contributed by atoms with Crippen molar-refractivity contribution >= 4 is 19.9 Å². The van der Waals surface area contributed by atoms with Crippen LogP contribution >= 0.6 is 0 Å². The van der Waals surface area contributed by atoms with Gasteiger partial charge < -0.3 is 9.33 Å². The van der Waals surface area contributed by atoms with E-state index in [0.29, 0.717) is 0 Å². The van der Waals surface area contributed by atoms with Crippen molar-refractivity contribution < 1.29 is 9.22 Å². The maximum Gasteiger partial charge on any atom is 0.239 e. The van der Waals surface area contributed by atoms with E-state index >= 15 is 0 Å². The highest BCUT2D eigenvalue weighted by atomic mass is 28.4. The van der Waals surface area contributed by atoms with Crippen LogP contribution < -0.4 is 4.90 Å². The fraction of sp³-hybridized carbons (Fsp3) is 0.500. The molecule has 1 heterocycles. The third-order valence-corrected chi connectivity index (χ3v) is 4.66. The van der Waals surface area contributed by atoms with Crippen LogP contribution in [0.2, 0.25) is 19.6 Å². The summed E-state index contributed by atoms with van der Waals surface area (Å²) >= 11 is 0. The van der Waals surface area contributed by atoms with Gasteiger partial charge in [0.2, 0.25) is 5.91 Å². The summed E-state index contributed by atoms with van der Waals surface area (Å²) in [5.74, 6) is -0.0747. The Morgan fingerprint density at radius 1 is 1.38 bits per heavy atom. The molecule has 0 aromatic heterocycles. The molecular weight excluding hydrogens is 284 g/mol. The highest BCUT2D eigenvalue weighted by Gasteiger charge is 2.49. The molecule has 1 aromatic rings. The maximum atomic E-state index is 12.8. The van der Waals surface area contributed by atoms with E-state index in [1.165, 1.54) is 0 Å². The van der Waals surface area contributed by atoms with E-state index in [-0.39, 0.29) is 19.1 Å². The largest absolute Gasteiger partial charge is 0.416 e. The van der Waals surface area contributed by atoms with Gasteiger partial charge >= 0.3 is 0 Å². The number of carbonyl (C=O) groups is 1. The molecule has 0 fully saturated rings. The Morgan fingerprint density at radius 2 is 2.05 bits per heavy atom. The Labute approximate surface area is 125 Å². The number of rotatable bonds is 5. The lowest BCUT2D eigenvalue weighted by Crippen LogP contribution is -2.47. The van der Waals surface area contributed by atoms with Gasteiger partial charge in [-0.25, -0.2) is 0 Å². The van der Waals surface area contributed by atoms with E-state index in [1.54, 1.807) is 11.9 Å². The summed E-state index contributed by atoms with van der Waals surface area (Å²) in [5.41, 5.74) is 9.50. The Kier molecular flexibility index (Phi) is 4.09. The number of para-hydroxylation sites is 1. The summed E-state index contributed by atoms with van der Waals surface area (Å²) in [5, 5.41) is 3.68. The fourth-order valence-electron chi connectivity index (χ4n) is 2.55. The zero-order valence-corrected chi connectivity index (χ0v) is 13.8. The Morgan fingerprint density at radius 3 is 2.67 bits per heavy atom. The first-order valence-electron chi connectivity index (χ1n) is 6.84. The second-order valence-electron chi connectivity index (χ2n) is 6.25. The number of azide groups is 1. The van der Waals surface area contributed by atoms with Gasteiger partial charge in [-0.3, -0.25) is 4.79 Å². The van der Waals surface area contributed by atoms with E-state index < -0.39 is 13.7 Å². The minimum atomic E-state index is -1.79. The average molecular weight is 304 g/mol. The van der Waals surface area contributed by atoms with Crippen molar-refractivity contribution in [2.24, 2.45) is 5.11 Å². The normalized spacial score (nSPS) is 21.1. The van der Waals surface area contributed by atoms with Crippen molar-refractivity contribution in [3.05, 3.63) is 40.3 Å². The summed E-state index contributed by atoms with van der Waals surface area (Å²) in [7, 11) is -0.0458. The minimum absolute atomic E-state index is 0.0747. The molecule has 112 valence electrons. The average Bonchev–Trinajstić information content (AvgIpc) is 2.65. The van der Waals surface area contributed by atoms with Gasteiger partial charge in [0.15, 0.2) is 8.32 Å². The number of hydrogen-bond donors (Lipinski definition) is 0. The molecule has 7 heteroatoms. The molecule has 1 amide bonds. The van der Waals surface area contributed by atoms with Gasteiger partial charge in [-0.15, -0.1) is 0 Å². The molecule has 1 atom stereocenters. The van der Waals surface area contributed by atoms with Crippen molar-refractivity contribution in [1.82, 2.24) is 0 Å². The van der Waals surface area contributed by atoms with Crippen LogP contribution in [0.1, 0.15) is 5.56 Å². The van der Waals surface area contributed by atoms with Crippen molar-refractivity contribution in [2.75, 3.05) is 25.1 Å². The number of nitrogens with zero attached hydrogens (tertiary/aromatic N) is 4. The summed E-state index contributed by atoms with van der Waals surface area (Å²) in [6.07, 6.45) is 0. The second-order valence-corrected chi connectivity index (χ2v) is 10.8. The molecule has 1 aromatic carbocycles. The van der Waals surface area contributed by atoms with Crippen LogP contribution in [-0.2, 0) is 14.6 Å². The molecule has 0 radical (unpaired) electrons. The number of anilines is 1. The lowest BCUT2D eigenvalue weighted by molar-refractivity contribution is -0.123. The van der Waals surface area contributed by atoms with Crippen LogP contribution in [0.5, 0.6) is 0 Å².